The third kappa shape index (κ3) is 3.69. The average molecular weight is 197 g/mol. The Morgan fingerprint density at radius 3 is 2.00 bits per heavy atom. The van der Waals surface area contributed by atoms with Crippen molar-refractivity contribution in [2.45, 2.75) is 45.8 Å². The molecular weight excluding hydrogens is 178 g/mol. The molecular formula is C11H19NO2. The topological polar surface area (TPSA) is 29.5 Å². The summed E-state index contributed by atoms with van der Waals surface area (Å²) >= 11 is 0. The van der Waals surface area contributed by atoms with E-state index in [1.807, 2.05) is 20.8 Å². The Morgan fingerprint density at radius 2 is 1.71 bits per heavy atom. The molecule has 0 aliphatic carbocycles. The van der Waals surface area contributed by atoms with Crippen LogP contribution in [0.4, 0.5) is 4.79 Å². The molecule has 0 rings (SSSR count). The maximum Gasteiger partial charge on any atom is 0.411 e. The van der Waals surface area contributed by atoms with Gasteiger partial charge in [-0.3, -0.25) is 4.90 Å². The van der Waals surface area contributed by atoms with Gasteiger partial charge in [-0.1, -0.05) is 5.92 Å². The van der Waals surface area contributed by atoms with Gasteiger partial charge in [0.15, 0.2) is 0 Å². The first-order chi connectivity index (χ1) is 6.10. The molecule has 0 saturated heterocycles. The number of carbonyl (C=O) groups excluding carboxylic acids is 1. The van der Waals surface area contributed by atoms with Crippen molar-refractivity contribution in [1.82, 2.24) is 4.90 Å². The van der Waals surface area contributed by atoms with Gasteiger partial charge in [-0.15, -0.1) is 6.42 Å². The molecule has 0 N–H and O–H groups in total. The summed E-state index contributed by atoms with van der Waals surface area (Å²) in [6, 6.07) is 0. The SMILES string of the molecule is C#CC(C)(C)N(C)C(=O)OC(C)(C)C. The fourth-order valence-corrected chi connectivity index (χ4v) is 0.655. The van der Waals surface area contributed by atoms with Crippen molar-refractivity contribution in [3.63, 3.8) is 0 Å². The smallest absolute Gasteiger partial charge is 0.411 e. The minimum atomic E-state index is -0.623. The van der Waals surface area contributed by atoms with Gasteiger partial charge < -0.3 is 4.74 Å². The number of rotatable bonds is 1. The zero-order chi connectivity index (χ0) is 11.6. The van der Waals surface area contributed by atoms with Crippen LogP contribution in [-0.4, -0.2) is 29.2 Å². The summed E-state index contributed by atoms with van der Waals surface area (Å²) in [5.41, 5.74) is -1.11. The normalized spacial score (nSPS) is 11.8. The van der Waals surface area contributed by atoms with Crippen LogP contribution < -0.4 is 0 Å². The maximum absolute atomic E-state index is 11.6. The highest BCUT2D eigenvalue weighted by Gasteiger charge is 2.29. The van der Waals surface area contributed by atoms with E-state index in [-0.39, 0.29) is 0 Å². The zero-order valence-corrected chi connectivity index (χ0v) is 9.84. The van der Waals surface area contributed by atoms with Crippen molar-refractivity contribution in [1.29, 1.82) is 0 Å². The molecule has 80 valence electrons. The number of nitrogens with zero attached hydrogens (tertiary/aromatic N) is 1. The van der Waals surface area contributed by atoms with Crippen molar-refractivity contribution < 1.29 is 9.53 Å². The first kappa shape index (κ1) is 12.8. The second-order valence-electron chi connectivity index (χ2n) is 4.74. The van der Waals surface area contributed by atoms with Gasteiger partial charge in [0.1, 0.15) is 11.1 Å². The molecule has 0 aliphatic rings. The van der Waals surface area contributed by atoms with E-state index < -0.39 is 17.2 Å². The summed E-state index contributed by atoms with van der Waals surface area (Å²) in [4.78, 5) is 13.0. The summed E-state index contributed by atoms with van der Waals surface area (Å²) in [7, 11) is 1.63. The van der Waals surface area contributed by atoms with Gasteiger partial charge in [0.05, 0.1) is 0 Å². The van der Waals surface area contributed by atoms with Gasteiger partial charge in [0.2, 0.25) is 0 Å². The lowest BCUT2D eigenvalue weighted by Gasteiger charge is -2.32. The Bertz CT molecular complexity index is 255. The van der Waals surface area contributed by atoms with Crippen LogP contribution in [0, 0.1) is 12.3 Å². The van der Waals surface area contributed by atoms with Crippen LogP contribution in [0.3, 0.4) is 0 Å². The Balaban J connectivity index is 4.51. The molecule has 1 amide bonds. The number of amides is 1. The van der Waals surface area contributed by atoms with E-state index in [4.69, 9.17) is 11.2 Å². The zero-order valence-electron chi connectivity index (χ0n) is 9.84. The van der Waals surface area contributed by atoms with E-state index in [9.17, 15) is 4.79 Å². The minimum Gasteiger partial charge on any atom is -0.444 e. The molecule has 0 saturated carbocycles. The predicted octanol–water partition coefficient (Wildman–Crippen LogP) is 2.27. The average Bonchev–Trinajstić information content (AvgIpc) is 2.00. The second kappa shape index (κ2) is 3.91. The van der Waals surface area contributed by atoms with Crippen molar-refractivity contribution in [2.24, 2.45) is 0 Å². The van der Waals surface area contributed by atoms with E-state index in [0.717, 1.165) is 0 Å². The molecule has 0 unspecified atom stereocenters. The molecule has 0 fully saturated rings. The number of ether oxygens (including phenoxy) is 1. The van der Waals surface area contributed by atoms with Crippen LogP contribution in [0.2, 0.25) is 0 Å². The molecule has 0 aliphatic heterocycles. The predicted molar refractivity (Wildman–Crippen MR) is 56.9 cm³/mol. The van der Waals surface area contributed by atoms with E-state index >= 15 is 0 Å². The highest BCUT2D eigenvalue weighted by molar-refractivity contribution is 5.69. The van der Waals surface area contributed by atoms with Gasteiger partial charge in [-0.05, 0) is 34.6 Å². The monoisotopic (exact) mass is 197 g/mol. The van der Waals surface area contributed by atoms with Gasteiger partial charge >= 0.3 is 6.09 Å². The van der Waals surface area contributed by atoms with Crippen molar-refractivity contribution in [3.8, 4) is 12.3 Å². The molecule has 3 nitrogen and oxygen atoms in total. The third-order valence-electron chi connectivity index (χ3n) is 1.86. The van der Waals surface area contributed by atoms with Gasteiger partial charge in [-0.25, -0.2) is 4.79 Å². The van der Waals surface area contributed by atoms with E-state index in [0.29, 0.717) is 0 Å². The molecule has 0 aromatic rings. The van der Waals surface area contributed by atoms with Crippen molar-refractivity contribution in [3.05, 3.63) is 0 Å². The highest BCUT2D eigenvalue weighted by atomic mass is 16.6. The van der Waals surface area contributed by atoms with Gasteiger partial charge in [0, 0.05) is 7.05 Å². The summed E-state index contributed by atoms with van der Waals surface area (Å²) in [6.07, 6.45) is 4.91. The Hall–Kier alpha value is -1.17. The third-order valence-corrected chi connectivity index (χ3v) is 1.86. The van der Waals surface area contributed by atoms with E-state index in [1.165, 1.54) is 4.90 Å². The Labute approximate surface area is 86.4 Å². The van der Waals surface area contributed by atoms with Crippen LogP contribution in [0.1, 0.15) is 34.6 Å². The molecule has 0 spiro atoms. The highest BCUT2D eigenvalue weighted by Crippen LogP contribution is 2.15. The molecule has 14 heavy (non-hydrogen) atoms. The van der Waals surface area contributed by atoms with E-state index in [2.05, 4.69) is 5.92 Å². The number of hydrogen-bond acceptors (Lipinski definition) is 2. The van der Waals surface area contributed by atoms with Crippen LogP contribution >= 0.6 is 0 Å². The summed E-state index contributed by atoms with van der Waals surface area (Å²) in [6.45, 7) is 9.04. The number of terminal acetylenes is 1. The summed E-state index contributed by atoms with van der Waals surface area (Å²) in [5, 5.41) is 0. The minimum absolute atomic E-state index is 0.402. The largest absolute Gasteiger partial charge is 0.444 e. The molecule has 0 aromatic heterocycles. The summed E-state index contributed by atoms with van der Waals surface area (Å²) in [5.74, 6) is 2.53. The molecule has 0 radical (unpaired) electrons. The molecule has 3 heteroatoms. The van der Waals surface area contributed by atoms with Crippen LogP contribution in [0.5, 0.6) is 0 Å². The molecule has 0 bridgehead atoms. The Morgan fingerprint density at radius 1 is 1.29 bits per heavy atom. The van der Waals surface area contributed by atoms with Crippen LogP contribution in [0.25, 0.3) is 0 Å². The molecule has 0 aromatic carbocycles. The molecule has 0 heterocycles. The van der Waals surface area contributed by atoms with E-state index in [1.54, 1.807) is 20.9 Å². The van der Waals surface area contributed by atoms with Gasteiger partial charge in [0.25, 0.3) is 0 Å². The quantitative estimate of drug-likeness (QED) is 0.603. The first-order valence-electron chi connectivity index (χ1n) is 4.55. The standard InChI is InChI=1S/C11H19NO2/c1-8-11(5,6)12(7)9(13)14-10(2,3)4/h1H,2-7H3. The fourth-order valence-electron chi connectivity index (χ4n) is 0.655. The van der Waals surface area contributed by atoms with Crippen molar-refractivity contribution >= 4 is 6.09 Å². The van der Waals surface area contributed by atoms with Crippen LogP contribution in [-0.2, 0) is 4.74 Å². The van der Waals surface area contributed by atoms with Crippen molar-refractivity contribution in [2.75, 3.05) is 7.05 Å². The lowest BCUT2D eigenvalue weighted by atomic mass is 10.1. The lowest BCUT2D eigenvalue weighted by Crippen LogP contribution is -2.46. The number of hydrogen-bond donors (Lipinski definition) is 0. The Kier molecular flexibility index (Phi) is 3.59. The first-order valence-corrected chi connectivity index (χ1v) is 4.55. The fraction of sp³-hybridized carbons (Fsp3) is 0.727. The maximum atomic E-state index is 11.6. The number of carbonyl (C=O) groups is 1. The van der Waals surface area contributed by atoms with Crippen LogP contribution in [0.15, 0.2) is 0 Å². The molecule has 0 atom stereocenters. The van der Waals surface area contributed by atoms with Gasteiger partial charge in [-0.2, -0.15) is 0 Å². The second-order valence-corrected chi connectivity index (χ2v) is 4.74. The lowest BCUT2D eigenvalue weighted by molar-refractivity contribution is 0.0187. The summed E-state index contributed by atoms with van der Waals surface area (Å²) < 4.78 is 5.18.